The molecule has 0 fully saturated rings. The Morgan fingerprint density at radius 1 is 1.39 bits per heavy atom. The van der Waals surface area contributed by atoms with Crippen molar-refractivity contribution in [2.75, 3.05) is 12.4 Å². The van der Waals surface area contributed by atoms with Gasteiger partial charge in [-0.05, 0) is 26.0 Å². The third-order valence-corrected chi connectivity index (χ3v) is 3.36. The Labute approximate surface area is 131 Å². The van der Waals surface area contributed by atoms with E-state index in [0.29, 0.717) is 0 Å². The van der Waals surface area contributed by atoms with Crippen molar-refractivity contribution in [3.8, 4) is 5.75 Å². The summed E-state index contributed by atoms with van der Waals surface area (Å²) in [5.41, 5.74) is -1.27. The Morgan fingerprint density at radius 3 is 2.70 bits per heavy atom. The monoisotopic (exact) mass is 321 g/mol. The number of methoxy groups -OCH3 is 1. The number of nitrogens with zero attached hydrogens (tertiary/aromatic N) is 2. The largest absolute Gasteiger partial charge is 0.496 e. The van der Waals surface area contributed by atoms with Crippen LogP contribution in [-0.4, -0.2) is 33.9 Å². The molecule has 0 saturated heterocycles. The molecule has 1 aromatic carbocycles. The molecule has 8 heteroatoms. The van der Waals surface area contributed by atoms with Crippen LogP contribution in [0, 0.1) is 5.82 Å². The van der Waals surface area contributed by atoms with Crippen molar-refractivity contribution in [2.45, 2.75) is 19.4 Å². The lowest BCUT2D eigenvalue weighted by Gasteiger charge is -2.19. The van der Waals surface area contributed by atoms with Gasteiger partial charge in [0.25, 0.3) is 5.91 Å². The fourth-order valence-corrected chi connectivity index (χ4v) is 1.88. The average molecular weight is 321 g/mol. The van der Waals surface area contributed by atoms with E-state index >= 15 is 0 Å². The number of anilines is 1. The first-order valence-corrected chi connectivity index (χ1v) is 6.69. The zero-order chi connectivity index (χ0) is 17.2. The highest BCUT2D eigenvalue weighted by Gasteiger charge is 2.30. The molecule has 0 bridgehead atoms. The van der Waals surface area contributed by atoms with Crippen molar-refractivity contribution < 1.29 is 23.8 Å². The second-order valence-electron chi connectivity index (χ2n) is 5.31. The number of rotatable bonds is 5. The van der Waals surface area contributed by atoms with E-state index in [1.54, 1.807) is 0 Å². The molecule has 1 aromatic heterocycles. The average Bonchev–Trinajstić information content (AvgIpc) is 2.95. The minimum atomic E-state index is -1.28. The first-order valence-electron chi connectivity index (χ1n) is 6.69. The maximum absolute atomic E-state index is 13.9. The summed E-state index contributed by atoms with van der Waals surface area (Å²) in [6.07, 6.45) is 2.65. The van der Waals surface area contributed by atoms with Gasteiger partial charge in [-0.1, -0.05) is 6.07 Å². The number of carbonyl (C=O) groups excluding carboxylic acids is 1. The molecule has 2 rings (SSSR count). The lowest BCUT2D eigenvalue weighted by molar-refractivity contribution is -0.146. The number of carboxylic acid groups (broad SMARTS) is 1. The molecule has 23 heavy (non-hydrogen) atoms. The summed E-state index contributed by atoms with van der Waals surface area (Å²) in [6, 6.07) is 4.04. The summed E-state index contributed by atoms with van der Waals surface area (Å²) in [5, 5.41) is 15.5. The highest BCUT2D eigenvalue weighted by molar-refractivity contribution is 6.06. The third-order valence-electron chi connectivity index (χ3n) is 3.36. The second kappa shape index (κ2) is 6.07. The van der Waals surface area contributed by atoms with Crippen molar-refractivity contribution in [1.29, 1.82) is 0 Å². The van der Waals surface area contributed by atoms with Gasteiger partial charge in [0.1, 0.15) is 17.1 Å². The van der Waals surface area contributed by atoms with E-state index in [2.05, 4.69) is 10.4 Å². The van der Waals surface area contributed by atoms with Crippen LogP contribution in [0.15, 0.2) is 30.6 Å². The van der Waals surface area contributed by atoms with Crippen molar-refractivity contribution in [3.05, 3.63) is 42.0 Å². The number of hydrogen-bond acceptors (Lipinski definition) is 4. The van der Waals surface area contributed by atoms with Gasteiger partial charge in [-0.25, -0.2) is 9.18 Å². The SMILES string of the molecule is COc1cccc(F)c1C(=O)Nc1cnn(C(C)(C)C(=O)O)c1. The van der Waals surface area contributed by atoms with E-state index in [4.69, 9.17) is 9.84 Å². The number of carbonyl (C=O) groups is 2. The van der Waals surface area contributed by atoms with Crippen LogP contribution in [0.1, 0.15) is 24.2 Å². The molecule has 0 aliphatic heterocycles. The fourth-order valence-electron chi connectivity index (χ4n) is 1.88. The first kappa shape index (κ1) is 16.5. The molecule has 0 atom stereocenters. The van der Waals surface area contributed by atoms with Gasteiger partial charge in [0.15, 0.2) is 5.54 Å². The normalized spacial score (nSPS) is 11.1. The Bertz CT molecular complexity index is 755. The number of halogens is 1. The van der Waals surface area contributed by atoms with Gasteiger partial charge >= 0.3 is 5.97 Å². The second-order valence-corrected chi connectivity index (χ2v) is 5.31. The fraction of sp³-hybridized carbons (Fsp3) is 0.267. The molecule has 0 aliphatic carbocycles. The van der Waals surface area contributed by atoms with E-state index in [-0.39, 0.29) is 17.0 Å². The van der Waals surface area contributed by atoms with Crippen molar-refractivity contribution in [2.24, 2.45) is 0 Å². The minimum absolute atomic E-state index is 0.0979. The smallest absolute Gasteiger partial charge is 0.331 e. The number of aromatic nitrogens is 2. The number of aliphatic carboxylic acids is 1. The molecule has 0 saturated carbocycles. The van der Waals surface area contributed by atoms with Crippen LogP contribution in [0.2, 0.25) is 0 Å². The minimum Gasteiger partial charge on any atom is -0.496 e. The van der Waals surface area contributed by atoms with Crippen molar-refractivity contribution in [3.63, 3.8) is 0 Å². The summed E-state index contributed by atoms with van der Waals surface area (Å²) in [7, 11) is 1.33. The summed E-state index contributed by atoms with van der Waals surface area (Å²) in [5.74, 6) is -2.41. The molecule has 122 valence electrons. The van der Waals surface area contributed by atoms with Gasteiger partial charge in [0, 0.05) is 6.20 Å². The molecular formula is C15H16FN3O4. The zero-order valence-corrected chi connectivity index (χ0v) is 12.8. The molecule has 0 spiro atoms. The van der Waals surface area contributed by atoms with E-state index in [0.717, 1.165) is 6.07 Å². The van der Waals surface area contributed by atoms with Crippen LogP contribution in [0.5, 0.6) is 5.75 Å². The van der Waals surface area contributed by atoms with Crippen molar-refractivity contribution in [1.82, 2.24) is 9.78 Å². The predicted molar refractivity (Wildman–Crippen MR) is 80.1 cm³/mol. The Balaban J connectivity index is 2.26. The summed E-state index contributed by atoms with van der Waals surface area (Å²) in [4.78, 5) is 23.4. The first-order chi connectivity index (χ1) is 10.8. The summed E-state index contributed by atoms with van der Waals surface area (Å²) in [6.45, 7) is 2.93. The van der Waals surface area contributed by atoms with Crippen LogP contribution in [0.25, 0.3) is 0 Å². The van der Waals surface area contributed by atoms with Crippen molar-refractivity contribution >= 4 is 17.6 Å². The maximum Gasteiger partial charge on any atom is 0.331 e. The molecular weight excluding hydrogens is 305 g/mol. The van der Waals surface area contributed by atoms with Gasteiger partial charge in [-0.2, -0.15) is 5.10 Å². The molecule has 2 aromatic rings. The lowest BCUT2D eigenvalue weighted by atomic mass is 10.1. The Morgan fingerprint density at radius 2 is 2.09 bits per heavy atom. The zero-order valence-electron chi connectivity index (χ0n) is 12.8. The number of ether oxygens (including phenoxy) is 1. The number of carboxylic acids is 1. The lowest BCUT2D eigenvalue weighted by Crippen LogP contribution is -2.35. The van der Waals surface area contributed by atoms with Crippen LogP contribution in [0.3, 0.4) is 0 Å². The quantitative estimate of drug-likeness (QED) is 0.879. The number of benzene rings is 1. The number of hydrogen-bond donors (Lipinski definition) is 2. The molecule has 1 amide bonds. The highest BCUT2D eigenvalue weighted by atomic mass is 19.1. The molecule has 0 aliphatic rings. The Kier molecular flexibility index (Phi) is 4.35. The number of amides is 1. The molecule has 7 nitrogen and oxygen atoms in total. The standard InChI is InChI=1S/C15H16FN3O4/c1-15(2,14(21)22)19-8-9(7-17-19)18-13(20)12-10(16)5-4-6-11(12)23-3/h4-8H,1-3H3,(H,18,20)(H,21,22). The molecule has 0 radical (unpaired) electrons. The van der Waals surface area contributed by atoms with Gasteiger partial charge in [0.05, 0.1) is 19.0 Å². The molecule has 1 heterocycles. The van der Waals surface area contributed by atoms with Gasteiger partial charge in [-0.15, -0.1) is 0 Å². The van der Waals surface area contributed by atoms with Crippen LogP contribution in [0.4, 0.5) is 10.1 Å². The highest BCUT2D eigenvalue weighted by Crippen LogP contribution is 2.23. The van der Waals surface area contributed by atoms with E-state index in [9.17, 15) is 14.0 Å². The van der Waals surface area contributed by atoms with Crippen LogP contribution < -0.4 is 10.1 Å². The predicted octanol–water partition coefficient (Wildman–Crippen LogP) is 2.10. The molecule has 2 N–H and O–H groups in total. The third kappa shape index (κ3) is 3.15. The van der Waals surface area contributed by atoms with Gasteiger partial charge in [-0.3, -0.25) is 9.48 Å². The molecule has 0 unspecified atom stereocenters. The van der Waals surface area contributed by atoms with E-state index in [1.165, 1.54) is 50.2 Å². The van der Waals surface area contributed by atoms with Gasteiger partial charge in [0.2, 0.25) is 0 Å². The van der Waals surface area contributed by atoms with E-state index in [1.807, 2.05) is 0 Å². The number of nitrogens with one attached hydrogen (secondary N) is 1. The van der Waals surface area contributed by atoms with Crippen LogP contribution in [-0.2, 0) is 10.3 Å². The topological polar surface area (TPSA) is 93.5 Å². The summed E-state index contributed by atoms with van der Waals surface area (Å²) < 4.78 is 20.0. The maximum atomic E-state index is 13.9. The summed E-state index contributed by atoms with van der Waals surface area (Å²) >= 11 is 0. The van der Waals surface area contributed by atoms with E-state index < -0.39 is 23.2 Å². The van der Waals surface area contributed by atoms with Gasteiger partial charge < -0.3 is 15.2 Å². The Hall–Kier alpha value is -2.90. The van der Waals surface area contributed by atoms with Crippen LogP contribution >= 0.6 is 0 Å².